The van der Waals surface area contributed by atoms with Crippen molar-refractivity contribution in [3.63, 3.8) is 0 Å². The number of ether oxygens (including phenoxy) is 1. The molecule has 1 saturated heterocycles. The summed E-state index contributed by atoms with van der Waals surface area (Å²) in [6.45, 7) is 7.92. The fraction of sp³-hybridized carbons (Fsp3) is 0.229. The number of anilines is 1. The van der Waals surface area contributed by atoms with Gasteiger partial charge in [0.1, 0.15) is 5.75 Å². The van der Waals surface area contributed by atoms with E-state index >= 15 is 0 Å². The van der Waals surface area contributed by atoms with Crippen LogP contribution in [0.15, 0.2) is 108 Å². The van der Waals surface area contributed by atoms with Gasteiger partial charge in [-0.3, -0.25) is 19.4 Å². The van der Waals surface area contributed by atoms with Gasteiger partial charge in [0, 0.05) is 50.5 Å². The maximum atomic E-state index is 12.6. The molecule has 43 heavy (non-hydrogen) atoms. The molecule has 2 amide bonds. The molecule has 0 bridgehead atoms. The topological polar surface area (TPSA) is 86.3 Å². The first-order valence-corrected chi connectivity index (χ1v) is 14.5. The number of hydrogen-bond acceptors (Lipinski definition) is 6. The largest absolute Gasteiger partial charge is 0.484 e. The molecule has 220 valence electrons. The van der Waals surface area contributed by atoms with Crippen molar-refractivity contribution in [2.45, 2.75) is 20.0 Å². The highest BCUT2D eigenvalue weighted by atomic mass is 16.5. The van der Waals surface area contributed by atoms with Gasteiger partial charge >= 0.3 is 0 Å². The van der Waals surface area contributed by atoms with Crippen molar-refractivity contribution in [2.24, 2.45) is 5.10 Å². The van der Waals surface area contributed by atoms with Crippen molar-refractivity contribution >= 4 is 23.7 Å². The molecule has 0 atom stereocenters. The van der Waals surface area contributed by atoms with Crippen LogP contribution in [0.1, 0.15) is 32.6 Å². The van der Waals surface area contributed by atoms with Gasteiger partial charge in [-0.15, -0.1) is 0 Å². The van der Waals surface area contributed by atoms with Crippen molar-refractivity contribution in [3.8, 4) is 5.75 Å². The molecular weight excluding hydrogens is 538 g/mol. The SMILES string of the molecule is Cc1ccc(NC(=O)COc2ccc(/C=N\NC(=O)c3ccc(CN4CCN(Cc5ccccc5)CC4)cc3)cc2)cc1. The van der Waals surface area contributed by atoms with Crippen molar-refractivity contribution < 1.29 is 14.3 Å². The van der Waals surface area contributed by atoms with E-state index in [0.717, 1.165) is 56.1 Å². The number of piperazine rings is 1. The second-order valence-corrected chi connectivity index (χ2v) is 10.7. The van der Waals surface area contributed by atoms with Crippen molar-refractivity contribution in [1.82, 2.24) is 15.2 Å². The van der Waals surface area contributed by atoms with E-state index in [0.29, 0.717) is 11.3 Å². The Labute approximate surface area is 253 Å². The van der Waals surface area contributed by atoms with Crippen LogP contribution in [0.4, 0.5) is 5.69 Å². The van der Waals surface area contributed by atoms with Gasteiger partial charge < -0.3 is 10.1 Å². The minimum Gasteiger partial charge on any atom is -0.484 e. The number of carbonyl (C=O) groups excluding carboxylic acids is 2. The third-order valence-electron chi connectivity index (χ3n) is 7.30. The van der Waals surface area contributed by atoms with Crippen LogP contribution in [0.2, 0.25) is 0 Å². The Kier molecular flexibility index (Phi) is 10.3. The summed E-state index contributed by atoms with van der Waals surface area (Å²) in [6.07, 6.45) is 1.57. The van der Waals surface area contributed by atoms with E-state index < -0.39 is 0 Å². The molecule has 0 spiro atoms. The standard InChI is InChI=1S/C35H37N5O3/c1-27-7-15-32(16-8-27)37-34(41)26-43-33-17-11-28(12-18-33)23-36-38-35(42)31-13-9-30(10-14-31)25-40-21-19-39(20-22-40)24-29-5-3-2-4-6-29/h2-18,23H,19-22,24-26H2,1H3,(H,37,41)(H,38,42)/b36-23-. The first-order valence-electron chi connectivity index (χ1n) is 14.5. The average Bonchev–Trinajstić information content (AvgIpc) is 3.03. The number of benzene rings is 4. The summed E-state index contributed by atoms with van der Waals surface area (Å²) in [5.74, 6) is 0.0638. The van der Waals surface area contributed by atoms with E-state index in [-0.39, 0.29) is 18.4 Å². The molecule has 0 aromatic heterocycles. The van der Waals surface area contributed by atoms with E-state index in [9.17, 15) is 9.59 Å². The Morgan fingerprint density at radius 1 is 0.767 bits per heavy atom. The van der Waals surface area contributed by atoms with Crippen LogP contribution in [0.5, 0.6) is 5.75 Å². The number of aryl methyl sites for hydroxylation is 1. The van der Waals surface area contributed by atoms with E-state index in [1.165, 1.54) is 11.1 Å². The summed E-state index contributed by atoms with van der Waals surface area (Å²) in [5.41, 5.74) is 8.33. The summed E-state index contributed by atoms with van der Waals surface area (Å²) >= 11 is 0. The first-order chi connectivity index (χ1) is 21.0. The van der Waals surface area contributed by atoms with Gasteiger partial charge in [0.15, 0.2) is 6.61 Å². The van der Waals surface area contributed by atoms with Crippen LogP contribution in [0, 0.1) is 6.92 Å². The number of nitrogens with one attached hydrogen (secondary N) is 2. The molecule has 0 unspecified atom stereocenters. The number of rotatable bonds is 11. The predicted molar refractivity (Wildman–Crippen MR) is 170 cm³/mol. The van der Waals surface area contributed by atoms with E-state index in [2.05, 4.69) is 56.0 Å². The second kappa shape index (κ2) is 14.9. The van der Waals surface area contributed by atoms with Gasteiger partial charge in [0.05, 0.1) is 6.21 Å². The lowest BCUT2D eigenvalue weighted by Crippen LogP contribution is -2.45. The van der Waals surface area contributed by atoms with Gasteiger partial charge in [-0.25, -0.2) is 5.43 Å². The van der Waals surface area contributed by atoms with Gasteiger partial charge in [0.25, 0.3) is 11.8 Å². The quantitative estimate of drug-likeness (QED) is 0.192. The van der Waals surface area contributed by atoms with Crippen LogP contribution < -0.4 is 15.5 Å². The molecule has 5 rings (SSSR count). The second-order valence-electron chi connectivity index (χ2n) is 10.7. The number of amides is 2. The van der Waals surface area contributed by atoms with E-state index in [1.807, 2.05) is 55.5 Å². The molecule has 0 saturated carbocycles. The molecule has 1 aliphatic rings. The number of nitrogens with zero attached hydrogens (tertiary/aromatic N) is 3. The monoisotopic (exact) mass is 575 g/mol. The average molecular weight is 576 g/mol. The molecule has 1 heterocycles. The lowest BCUT2D eigenvalue weighted by Gasteiger charge is -2.34. The molecule has 4 aromatic carbocycles. The van der Waals surface area contributed by atoms with Gasteiger partial charge in [0.2, 0.25) is 0 Å². The minimum absolute atomic E-state index is 0.0957. The van der Waals surface area contributed by atoms with Crippen LogP contribution in [-0.4, -0.2) is 60.6 Å². The lowest BCUT2D eigenvalue weighted by molar-refractivity contribution is -0.118. The Balaban J connectivity index is 1.01. The summed E-state index contributed by atoms with van der Waals surface area (Å²) in [6, 6.07) is 33.0. The molecule has 0 aliphatic carbocycles. The van der Waals surface area contributed by atoms with Crippen LogP contribution >= 0.6 is 0 Å². The van der Waals surface area contributed by atoms with E-state index in [4.69, 9.17) is 4.74 Å². The minimum atomic E-state index is -0.267. The van der Waals surface area contributed by atoms with E-state index in [1.54, 1.807) is 30.5 Å². The molecule has 8 heteroatoms. The van der Waals surface area contributed by atoms with Crippen molar-refractivity contribution in [1.29, 1.82) is 0 Å². The molecule has 1 aliphatic heterocycles. The molecule has 4 aromatic rings. The van der Waals surface area contributed by atoms with Crippen LogP contribution in [0.3, 0.4) is 0 Å². The normalized spacial score (nSPS) is 14.0. The van der Waals surface area contributed by atoms with Gasteiger partial charge in [-0.05, 0) is 72.1 Å². The Morgan fingerprint density at radius 2 is 1.37 bits per heavy atom. The molecule has 1 fully saturated rings. The first kappa shape index (κ1) is 29.7. The van der Waals surface area contributed by atoms with Crippen LogP contribution in [0.25, 0.3) is 0 Å². The van der Waals surface area contributed by atoms with Gasteiger partial charge in [-0.1, -0.05) is 60.2 Å². The summed E-state index contributed by atoms with van der Waals surface area (Å²) in [5, 5.41) is 6.89. The fourth-order valence-corrected chi connectivity index (χ4v) is 4.83. The molecule has 0 radical (unpaired) electrons. The Morgan fingerprint density at radius 3 is 2.00 bits per heavy atom. The fourth-order valence-electron chi connectivity index (χ4n) is 4.83. The third-order valence-corrected chi connectivity index (χ3v) is 7.30. The van der Waals surface area contributed by atoms with Crippen molar-refractivity contribution in [2.75, 3.05) is 38.1 Å². The Bertz CT molecular complexity index is 1500. The maximum Gasteiger partial charge on any atom is 0.271 e. The summed E-state index contributed by atoms with van der Waals surface area (Å²) in [7, 11) is 0. The number of carbonyl (C=O) groups is 2. The predicted octanol–water partition coefficient (Wildman–Crippen LogP) is 5.09. The highest BCUT2D eigenvalue weighted by Crippen LogP contribution is 2.14. The zero-order valence-corrected chi connectivity index (χ0v) is 24.4. The number of hydrogen-bond donors (Lipinski definition) is 2. The van der Waals surface area contributed by atoms with Gasteiger partial charge in [-0.2, -0.15) is 5.10 Å². The lowest BCUT2D eigenvalue weighted by atomic mass is 10.1. The zero-order valence-electron chi connectivity index (χ0n) is 24.4. The molecular formula is C35H37N5O3. The molecule has 8 nitrogen and oxygen atoms in total. The van der Waals surface area contributed by atoms with Crippen LogP contribution in [-0.2, 0) is 17.9 Å². The highest BCUT2D eigenvalue weighted by Gasteiger charge is 2.17. The zero-order chi connectivity index (χ0) is 29.9. The highest BCUT2D eigenvalue weighted by molar-refractivity contribution is 5.95. The number of hydrazone groups is 1. The molecule has 2 N–H and O–H groups in total. The summed E-state index contributed by atoms with van der Waals surface area (Å²) < 4.78 is 5.57. The van der Waals surface area contributed by atoms with Crippen molar-refractivity contribution in [3.05, 3.63) is 131 Å². The maximum absolute atomic E-state index is 12.6. The third kappa shape index (κ3) is 9.36. The Hall–Kier alpha value is -4.79. The summed E-state index contributed by atoms with van der Waals surface area (Å²) in [4.78, 5) is 29.7. The smallest absolute Gasteiger partial charge is 0.271 e.